The number of rotatable bonds is 4. The molecule has 1 N–H and O–H groups in total. The van der Waals surface area contributed by atoms with Gasteiger partial charge in [-0.05, 0) is 43.8 Å². The van der Waals surface area contributed by atoms with Crippen molar-refractivity contribution >= 4 is 11.6 Å². The Balaban J connectivity index is 2.54. The van der Waals surface area contributed by atoms with Gasteiger partial charge in [0.2, 0.25) is 0 Å². The van der Waals surface area contributed by atoms with E-state index in [1.165, 1.54) is 0 Å². The van der Waals surface area contributed by atoms with Crippen molar-refractivity contribution in [2.75, 3.05) is 14.2 Å². The summed E-state index contributed by atoms with van der Waals surface area (Å²) < 4.78 is 5.42. The van der Waals surface area contributed by atoms with Crippen LogP contribution in [0, 0.1) is 6.92 Å². The molecular formula is C15H17ClN2O. The normalized spacial score (nSPS) is 12.2. The van der Waals surface area contributed by atoms with E-state index in [0.717, 1.165) is 22.6 Å². The molecule has 1 aromatic carbocycles. The van der Waals surface area contributed by atoms with Gasteiger partial charge in [0.05, 0.1) is 18.8 Å². The van der Waals surface area contributed by atoms with Crippen LogP contribution in [-0.4, -0.2) is 19.1 Å². The predicted molar refractivity (Wildman–Crippen MR) is 77.9 cm³/mol. The first kappa shape index (κ1) is 13.8. The molecule has 19 heavy (non-hydrogen) atoms. The fourth-order valence-electron chi connectivity index (χ4n) is 2.17. The van der Waals surface area contributed by atoms with Crippen LogP contribution in [0.2, 0.25) is 5.02 Å². The minimum absolute atomic E-state index is 0.0464. The third kappa shape index (κ3) is 2.88. The molecular weight excluding hydrogens is 260 g/mol. The van der Waals surface area contributed by atoms with Crippen molar-refractivity contribution < 1.29 is 4.74 Å². The Bertz CT molecular complexity index is 572. The third-order valence-electron chi connectivity index (χ3n) is 3.11. The molecule has 1 atom stereocenters. The highest BCUT2D eigenvalue weighted by atomic mass is 35.5. The summed E-state index contributed by atoms with van der Waals surface area (Å²) in [6.07, 6.45) is 1.80. The molecule has 1 heterocycles. The fraction of sp³-hybridized carbons (Fsp3) is 0.267. The number of hydrogen-bond donors (Lipinski definition) is 1. The minimum Gasteiger partial charge on any atom is -0.496 e. The summed E-state index contributed by atoms with van der Waals surface area (Å²) in [6, 6.07) is 9.54. The molecule has 3 nitrogen and oxygen atoms in total. The van der Waals surface area contributed by atoms with E-state index in [2.05, 4.69) is 10.3 Å². The molecule has 0 spiro atoms. The number of ether oxygens (including phenoxy) is 1. The van der Waals surface area contributed by atoms with Gasteiger partial charge in [0.1, 0.15) is 5.75 Å². The Labute approximate surface area is 118 Å². The molecule has 0 radical (unpaired) electrons. The minimum atomic E-state index is -0.0464. The van der Waals surface area contributed by atoms with E-state index in [1.54, 1.807) is 13.3 Å². The van der Waals surface area contributed by atoms with Crippen molar-refractivity contribution in [2.24, 2.45) is 0 Å². The van der Waals surface area contributed by atoms with Crippen LogP contribution in [0.25, 0.3) is 0 Å². The van der Waals surface area contributed by atoms with Crippen LogP contribution < -0.4 is 10.1 Å². The highest BCUT2D eigenvalue weighted by Gasteiger charge is 2.19. The summed E-state index contributed by atoms with van der Waals surface area (Å²) in [7, 11) is 3.56. The van der Waals surface area contributed by atoms with Crippen LogP contribution in [0.5, 0.6) is 5.75 Å². The molecule has 0 amide bonds. The lowest BCUT2D eigenvalue weighted by atomic mass is 9.99. The topological polar surface area (TPSA) is 34.1 Å². The van der Waals surface area contributed by atoms with E-state index in [9.17, 15) is 0 Å². The van der Waals surface area contributed by atoms with Crippen LogP contribution in [0.15, 0.2) is 36.5 Å². The zero-order valence-electron chi connectivity index (χ0n) is 11.3. The number of halogens is 1. The number of nitrogens with one attached hydrogen (secondary N) is 1. The van der Waals surface area contributed by atoms with Gasteiger partial charge >= 0.3 is 0 Å². The number of nitrogens with zero attached hydrogens (tertiary/aromatic N) is 1. The highest BCUT2D eigenvalue weighted by Crippen LogP contribution is 2.32. The van der Waals surface area contributed by atoms with E-state index >= 15 is 0 Å². The number of aromatic nitrogens is 1. The van der Waals surface area contributed by atoms with Crippen molar-refractivity contribution in [3.63, 3.8) is 0 Å². The molecule has 0 aliphatic carbocycles. The second-order valence-corrected chi connectivity index (χ2v) is 4.75. The first-order chi connectivity index (χ1) is 9.17. The molecule has 2 rings (SSSR count). The second-order valence-electron chi connectivity index (χ2n) is 4.31. The molecule has 0 bridgehead atoms. The van der Waals surface area contributed by atoms with Crippen molar-refractivity contribution in [1.82, 2.24) is 10.3 Å². The Kier molecular flexibility index (Phi) is 4.40. The van der Waals surface area contributed by atoms with Crippen LogP contribution in [0.4, 0.5) is 0 Å². The molecule has 0 aliphatic heterocycles. The molecule has 2 aromatic rings. The zero-order chi connectivity index (χ0) is 13.8. The lowest BCUT2D eigenvalue weighted by Gasteiger charge is -2.20. The average Bonchev–Trinajstić information content (AvgIpc) is 2.42. The van der Waals surface area contributed by atoms with Gasteiger partial charge < -0.3 is 10.1 Å². The second kappa shape index (κ2) is 6.04. The molecule has 4 heteroatoms. The Hall–Kier alpha value is -1.58. The maximum atomic E-state index is 6.10. The summed E-state index contributed by atoms with van der Waals surface area (Å²) in [5.41, 5.74) is 3.09. The van der Waals surface area contributed by atoms with Crippen molar-refractivity contribution in [3.05, 3.63) is 58.4 Å². The summed E-state index contributed by atoms with van der Waals surface area (Å²) in [6.45, 7) is 2.05. The monoisotopic (exact) mass is 276 g/mol. The molecule has 0 saturated carbocycles. The first-order valence-corrected chi connectivity index (χ1v) is 6.47. The number of pyridine rings is 1. The van der Waals surface area contributed by atoms with Crippen LogP contribution in [0.1, 0.15) is 22.9 Å². The van der Waals surface area contributed by atoms with E-state index < -0.39 is 0 Å². The summed E-state index contributed by atoms with van der Waals surface area (Å²) >= 11 is 6.10. The molecule has 1 aromatic heterocycles. The largest absolute Gasteiger partial charge is 0.496 e. The predicted octanol–water partition coefficient (Wildman–Crippen LogP) is 3.36. The van der Waals surface area contributed by atoms with Crippen molar-refractivity contribution in [3.8, 4) is 5.75 Å². The van der Waals surface area contributed by atoms with Gasteiger partial charge in [-0.3, -0.25) is 4.98 Å². The van der Waals surface area contributed by atoms with Crippen molar-refractivity contribution in [2.45, 2.75) is 13.0 Å². The van der Waals surface area contributed by atoms with E-state index in [0.29, 0.717) is 5.02 Å². The fourth-order valence-corrected chi connectivity index (χ4v) is 2.35. The van der Waals surface area contributed by atoms with Crippen LogP contribution in [-0.2, 0) is 0 Å². The first-order valence-electron chi connectivity index (χ1n) is 6.09. The Morgan fingerprint density at radius 3 is 2.74 bits per heavy atom. The Morgan fingerprint density at radius 2 is 2.11 bits per heavy atom. The third-order valence-corrected chi connectivity index (χ3v) is 3.35. The van der Waals surface area contributed by atoms with E-state index in [1.807, 2.05) is 44.3 Å². The lowest BCUT2D eigenvalue weighted by Crippen LogP contribution is -2.20. The van der Waals surface area contributed by atoms with E-state index in [4.69, 9.17) is 16.3 Å². The highest BCUT2D eigenvalue weighted by molar-refractivity contribution is 6.30. The molecule has 0 saturated heterocycles. The number of aryl methyl sites for hydroxylation is 1. The van der Waals surface area contributed by atoms with Crippen molar-refractivity contribution in [1.29, 1.82) is 0 Å². The standard InChI is InChI=1S/C15H17ClN2O/c1-10-5-4-8-18-14(10)15(17-2)12-9-11(16)6-7-13(12)19-3/h4-9,15,17H,1-3H3. The van der Waals surface area contributed by atoms with Gasteiger partial charge in [0.15, 0.2) is 0 Å². The van der Waals surface area contributed by atoms with Gasteiger partial charge in [-0.25, -0.2) is 0 Å². The maximum absolute atomic E-state index is 6.10. The molecule has 0 aliphatic rings. The maximum Gasteiger partial charge on any atom is 0.124 e. The van der Waals surface area contributed by atoms with Gasteiger partial charge in [-0.2, -0.15) is 0 Å². The molecule has 100 valence electrons. The van der Waals surface area contributed by atoms with Gasteiger partial charge in [0.25, 0.3) is 0 Å². The van der Waals surface area contributed by atoms with Crippen LogP contribution >= 0.6 is 11.6 Å². The summed E-state index contributed by atoms with van der Waals surface area (Å²) in [5, 5.41) is 3.96. The number of methoxy groups -OCH3 is 1. The molecule has 0 fully saturated rings. The van der Waals surface area contributed by atoms with E-state index in [-0.39, 0.29) is 6.04 Å². The summed E-state index contributed by atoms with van der Waals surface area (Å²) in [4.78, 5) is 4.47. The Morgan fingerprint density at radius 1 is 1.32 bits per heavy atom. The quantitative estimate of drug-likeness (QED) is 0.930. The number of benzene rings is 1. The van der Waals surface area contributed by atoms with Gasteiger partial charge in [-0.1, -0.05) is 17.7 Å². The van der Waals surface area contributed by atoms with Crippen LogP contribution in [0.3, 0.4) is 0 Å². The lowest BCUT2D eigenvalue weighted by molar-refractivity contribution is 0.405. The molecule has 1 unspecified atom stereocenters. The number of hydrogen-bond acceptors (Lipinski definition) is 3. The average molecular weight is 277 g/mol. The summed E-state index contributed by atoms with van der Waals surface area (Å²) in [5.74, 6) is 0.800. The smallest absolute Gasteiger partial charge is 0.124 e. The SMILES string of the molecule is CNC(c1cc(Cl)ccc1OC)c1ncccc1C. The van der Waals surface area contributed by atoms with Gasteiger partial charge in [-0.15, -0.1) is 0 Å². The van der Waals surface area contributed by atoms with Gasteiger partial charge in [0, 0.05) is 16.8 Å². The zero-order valence-corrected chi connectivity index (χ0v) is 12.0.